The number of amides is 5. The molecule has 5 amide bonds. The number of fused-ring (bicyclic) bond motifs is 2. The third-order valence-electron chi connectivity index (χ3n) is 10.9. The minimum absolute atomic E-state index is 0.0449. The van der Waals surface area contributed by atoms with Crippen LogP contribution in [-0.2, 0) is 20.9 Å². The molecule has 0 bridgehead atoms. The molecule has 0 radical (unpaired) electrons. The van der Waals surface area contributed by atoms with Crippen molar-refractivity contribution in [3.8, 4) is 11.3 Å². The molecule has 0 aliphatic carbocycles. The Kier molecular flexibility index (Phi) is 11.4. The molecule has 0 saturated carbocycles. The lowest BCUT2D eigenvalue weighted by Gasteiger charge is -2.36. The topological polar surface area (TPSA) is 199 Å². The molecule has 6 heterocycles. The number of hydrogen-bond donors (Lipinski definition) is 4. The largest absolute Gasteiger partial charge is 0.467 e. The SMILES string of the molecule is O=C(CNc1cccc2c1C(=O)N(C1CCC(=O)NC1=O)C2=O)NCCCCCCN1CCN(c2ccc(-c3ncc(NCc4ccco4)n4cnnc34)cc2)CC1. The van der Waals surface area contributed by atoms with Crippen LogP contribution in [0.15, 0.2) is 77.8 Å². The molecule has 3 aliphatic rings. The first kappa shape index (κ1) is 38.3. The van der Waals surface area contributed by atoms with Crippen LogP contribution in [0.25, 0.3) is 16.9 Å². The van der Waals surface area contributed by atoms with Crippen LogP contribution >= 0.6 is 0 Å². The lowest BCUT2D eigenvalue weighted by molar-refractivity contribution is -0.136. The van der Waals surface area contributed by atoms with Crippen molar-refractivity contribution in [1.29, 1.82) is 0 Å². The van der Waals surface area contributed by atoms with E-state index in [9.17, 15) is 24.0 Å². The van der Waals surface area contributed by atoms with Gasteiger partial charge in [-0.05, 0) is 62.2 Å². The maximum Gasteiger partial charge on any atom is 0.264 e. The highest BCUT2D eigenvalue weighted by atomic mass is 16.3. The summed E-state index contributed by atoms with van der Waals surface area (Å²) in [5.41, 5.74) is 4.24. The fourth-order valence-electron chi connectivity index (χ4n) is 7.75. The summed E-state index contributed by atoms with van der Waals surface area (Å²) in [5, 5.41) is 19.9. The Hall–Kier alpha value is -6.62. The van der Waals surface area contributed by atoms with Gasteiger partial charge in [0.2, 0.25) is 17.7 Å². The van der Waals surface area contributed by atoms with Crippen LogP contribution in [0.3, 0.4) is 0 Å². The number of carbonyl (C=O) groups is 5. The van der Waals surface area contributed by atoms with Crippen molar-refractivity contribution >= 4 is 52.4 Å². The van der Waals surface area contributed by atoms with Crippen molar-refractivity contribution in [2.45, 2.75) is 51.1 Å². The number of carbonyl (C=O) groups excluding carboxylic acids is 5. The molecule has 4 N–H and O–H groups in total. The minimum atomic E-state index is -1.05. The maximum atomic E-state index is 13.3. The van der Waals surface area contributed by atoms with E-state index >= 15 is 0 Å². The van der Waals surface area contributed by atoms with Crippen molar-refractivity contribution in [3.63, 3.8) is 0 Å². The maximum absolute atomic E-state index is 13.3. The van der Waals surface area contributed by atoms with E-state index in [1.54, 1.807) is 30.9 Å². The molecule has 300 valence electrons. The zero-order chi connectivity index (χ0) is 40.0. The molecule has 3 aliphatic heterocycles. The van der Waals surface area contributed by atoms with Crippen LogP contribution in [0.2, 0.25) is 0 Å². The molecule has 17 nitrogen and oxygen atoms in total. The summed E-state index contributed by atoms with van der Waals surface area (Å²) in [6.07, 6.45) is 9.26. The summed E-state index contributed by atoms with van der Waals surface area (Å²) < 4.78 is 7.32. The predicted octanol–water partition coefficient (Wildman–Crippen LogP) is 3.31. The third kappa shape index (κ3) is 8.25. The highest BCUT2D eigenvalue weighted by molar-refractivity contribution is 6.25. The third-order valence-corrected chi connectivity index (χ3v) is 10.9. The number of rotatable bonds is 16. The Morgan fingerprint density at radius 3 is 2.52 bits per heavy atom. The van der Waals surface area contributed by atoms with Crippen LogP contribution in [0.5, 0.6) is 0 Å². The number of aromatic nitrogens is 4. The van der Waals surface area contributed by atoms with E-state index < -0.39 is 29.7 Å². The second-order valence-corrected chi connectivity index (χ2v) is 14.6. The molecule has 5 aromatic rings. The van der Waals surface area contributed by atoms with E-state index in [0.29, 0.717) is 24.4 Å². The van der Waals surface area contributed by atoms with Crippen LogP contribution in [0.1, 0.15) is 65.0 Å². The number of imide groups is 2. The quantitative estimate of drug-likeness (QED) is 0.0840. The van der Waals surface area contributed by atoms with Crippen LogP contribution in [0, 0.1) is 0 Å². The number of benzene rings is 2. The average molecular weight is 788 g/mol. The van der Waals surface area contributed by atoms with Crippen LogP contribution in [-0.4, -0.2) is 111 Å². The van der Waals surface area contributed by atoms with E-state index in [1.165, 1.54) is 11.8 Å². The van der Waals surface area contributed by atoms with Gasteiger partial charge in [0.05, 0.1) is 36.7 Å². The lowest BCUT2D eigenvalue weighted by atomic mass is 10.0. The van der Waals surface area contributed by atoms with Gasteiger partial charge in [0.1, 0.15) is 29.6 Å². The minimum Gasteiger partial charge on any atom is -0.467 e. The Morgan fingerprint density at radius 1 is 0.897 bits per heavy atom. The van der Waals surface area contributed by atoms with Gasteiger partial charge >= 0.3 is 0 Å². The summed E-state index contributed by atoms with van der Waals surface area (Å²) >= 11 is 0. The number of piperazine rings is 1. The van der Waals surface area contributed by atoms with E-state index in [4.69, 9.17) is 9.40 Å². The standard InChI is InChI=1S/C41H45N11O6/c53-34-15-14-32(39(55)47-34)52-40(56)30-8-5-9-31(36(30)41(52)57)43-25-35(54)42-16-3-1-2-4-17-49-18-20-50(21-19-49)28-12-10-27(11-13-28)37-38-48-46-26-51(38)33(24-45-37)44-23-29-7-6-22-58-29/h5-13,22,24,26,32,43-44H,1-4,14-21,23,25H2,(H,42,54)(H,47,53,55). The first-order valence-corrected chi connectivity index (χ1v) is 19.7. The van der Waals surface area contributed by atoms with Crippen LogP contribution in [0.4, 0.5) is 17.2 Å². The number of piperidine rings is 1. The number of anilines is 3. The second kappa shape index (κ2) is 17.3. The Bertz CT molecular complexity index is 2300. The van der Waals surface area contributed by atoms with Crippen LogP contribution < -0.4 is 26.2 Å². The van der Waals surface area contributed by atoms with E-state index in [-0.39, 0.29) is 36.4 Å². The molecule has 2 saturated heterocycles. The first-order valence-electron chi connectivity index (χ1n) is 19.7. The second-order valence-electron chi connectivity index (χ2n) is 14.6. The molecule has 1 unspecified atom stereocenters. The van der Waals surface area contributed by atoms with E-state index in [0.717, 1.165) is 86.1 Å². The van der Waals surface area contributed by atoms with Gasteiger partial charge in [0, 0.05) is 56.1 Å². The number of furan rings is 1. The van der Waals surface area contributed by atoms with E-state index in [2.05, 4.69) is 65.5 Å². The monoisotopic (exact) mass is 787 g/mol. The van der Waals surface area contributed by atoms with Gasteiger partial charge in [-0.3, -0.25) is 43.5 Å². The summed E-state index contributed by atoms with van der Waals surface area (Å²) in [6, 6.07) is 16.0. The predicted molar refractivity (Wildman–Crippen MR) is 214 cm³/mol. The van der Waals surface area contributed by atoms with Gasteiger partial charge in [-0.25, -0.2) is 4.98 Å². The molecule has 58 heavy (non-hydrogen) atoms. The van der Waals surface area contributed by atoms with Crippen molar-refractivity contribution in [1.82, 2.24) is 40.0 Å². The first-order chi connectivity index (χ1) is 28.3. The lowest BCUT2D eigenvalue weighted by Crippen LogP contribution is -2.54. The Labute approximate surface area is 334 Å². The number of nitrogens with zero attached hydrogens (tertiary/aromatic N) is 7. The van der Waals surface area contributed by atoms with Crippen molar-refractivity contribution in [2.75, 3.05) is 61.3 Å². The normalized spacial score (nSPS) is 17.1. The van der Waals surface area contributed by atoms with Gasteiger partial charge in [-0.2, -0.15) is 0 Å². The average Bonchev–Trinajstić information content (AvgIpc) is 4.01. The molecule has 2 aromatic carbocycles. The zero-order valence-corrected chi connectivity index (χ0v) is 32.0. The number of unbranched alkanes of at least 4 members (excludes halogenated alkanes) is 3. The molecule has 1 atom stereocenters. The summed E-state index contributed by atoms with van der Waals surface area (Å²) in [4.78, 5) is 73.5. The summed E-state index contributed by atoms with van der Waals surface area (Å²) in [5.74, 6) is -0.922. The Balaban J connectivity index is 0.715. The molecule has 0 spiro atoms. The van der Waals surface area contributed by atoms with Gasteiger partial charge in [0.25, 0.3) is 11.8 Å². The fraction of sp³-hybridized carbons (Fsp3) is 0.366. The van der Waals surface area contributed by atoms with Gasteiger partial charge in [-0.15, -0.1) is 10.2 Å². The molecule has 3 aromatic heterocycles. The highest BCUT2D eigenvalue weighted by Crippen LogP contribution is 2.32. The molecule has 17 heteroatoms. The van der Waals surface area contributed by atoms with Crippen molar-refractivity contribution in [3.05, 3.63) is 90.3 Å². The zero-order valence-electron chi connectivity index (χ0n) is 32.0. The molecule has 8 rings (SSSR count). The van der Waals surface area contributed by atoms with Crippen molar-refractivity contribution < 1.29 is 28.4 Å². The molecule has 2 fully saturated rings. The highest BCUT2D eigenvalue weighted by Gasteiger charge is 2.45. The fourth-order valence-corrected chi connectivity index (χ4v) is 7.75. The number of nitrogens with one attached hydrogen (secondary N) is 4. The van der Waals surface area contributed by atoms with Crippen molar-refractivity contribution in [2.24, 2.45) is 0 Å². The summed E-state index contributed by atoms with van der Waals surface area (Å²) in [7, 11) is 0. The number of hydrogen-bond acceptors (Lipinski definition) is 13. The molecular weight excluding hydrogens is 743 g/mol. The van der Waals surface area contributed by atoms with E-state index in [1.807, 2.05) is 16.5 Å². The van der Waals surface area contributed by atoms with Gasteiger partial charge < -0.3 is 25.3 Å². The Morgan fingerprint density at radius 2 is 1.72 bits per heavy atom. The summed E-state index contributed by atoms with van der Waals surface area (Å²) in [6.45, 7) is 5.94. The van der Waals surface area contributed by atoms with Gasteiger partial charge in [0.15, 0.2) is 5.65 Å². The van der Waals surface area contributed by atoms with Gasteiger partial charge in [-0.1, -0.05) is 31.0 Å². The molecular formula is C41H45N11O6. The smallest absolute Gasteiger partial charge is 0.264 e.